The molecule has 27 heavy (non-hydrogen) atoms. The summed E-state index contributed by atoms with van der Waals surface area (Å²) in [6.45, 7) is 0.175. The predicted octanol–water partition coefficient (Wildman–Crippen LogP) is 3.54. The van der Waals surface area contributed by atoms with E-state index in [2.05, 4.69) is 5.32 Å². The smallest absolute Gasteiger partial charge is 0.412 e. The highest BCUT2D eigenvalue weighted by atomic mass is 16.5. The highest BCUT2D eigenvalue weighted by Crippen LogP contribution is 2.27. The minimum Gasteiger partial charge on any atom is -0.508 e. The predicted molar refractivity (Wildman–Crippen MR) is 102 cm³/mol. The van der Waals surface area contributed by atoms with Crippen molar-refractivity contribution >= 4 is 12.2 Å². The summed E-state index contributed by atoms with van der Waals surface area (Å²) in [5, 5.41) is 21.9. The van der Waals surface area contributed by atoms with Gasteiger partial charge in [0.05, 0.1) is 5.70 Å². The Morgan fingerprint density at radius 2 is 1.93 bits per heavy atom. The van der Waals surface area contributed by atoms with E-state index in [9.17, 15) is 15.0 Å². The summed E-state index contributed by atoms with van der Waals surface area (Å²) < 4.78 is 5.18. The molecule has 3 rings (SSSR count). The van der Waals surface area contributed by atoms with E-state index in [1.165, 1.54) is 12.1 Å². The third-order valence-electron chi connectivity index (χ3n) is 4.01. The van der Waals surface area contributed by atoms with Crippen LogP contribution in [0, 0.1) is 0 Å². The molecule has 0 heterocycles. The Balaban J connectivity index is 1.60. The average Bonchev–Trinajstić information content (AvgIpc) is 2.65. The summed E-state index contributed by atoms with van der Waals surface area (Å²) >= 11 is 0. The van der Waals surface area contributed by atoms with E-state index in [1.807, 2.05) is 30.3 Å². The van der Waals surface area contributed by atoms with E-state index in [4.69, 9.17) is 10.5 Å². The largest absolute Gasteiger partial charge is 0.508 e. The number of alkyl carbamates (subject to hydrolysis) is 1. The van der Waals surface area contributed by atoms with Gasteiger partial charge in [-0.15, -0.1) is 0 Å². The van der Waals surface area contributed by atoms with Crippen molar-refractivity contribution in [1.82, 2.24) is 5.32 Å². The van der Waals surface area contributed by atoms with Gasteiger partial charge in [0, 0.05) is 23.7 Å². The summed E-state index contributed by atoms with van der Waals surface area (Å²) in [5.41, 5.74) is 9.35. The minimum atomic E-state index is -0.579. The van der Waals surface area contributed by atoms with Crippen molar-refractivity contribution in [3.8, 4) is 11.5 Å². The molecule has 0 aliphatic heterocycles. The van der Waals surface area contributed by atoms with Gasteiger partial charge in [-0.25, -0.2) is 4.79 Å². The van der Waals surface area contributed by atoms with Crippen LogP contribution in [-0.4, -0.2) is 16.3 Å². The van der Waals surface area contributed by atoms with Gasteiger partial charge in [-0.3, -0.25) is 5.32 Å². The van der Waals surface area contributed by atoms with Crippen LogP contribution >= 0.6 is 0 Å². The number of carbonyl (C=O) groups is 1. The second-order valence-electron chi connectivity index (χ2n) is 6.10. The Labute approximate surface area is 156 Å². The normalized spacial score (nSPS) is 15.0. The topological polar surface area (TPSA) is 105 Å². The van der Waals surface area contributed by atoms with Gasteiger partial charge in [-0.05, 0) is 35.4 Å². The number of rotatable bonds is 4. The molecule has 0 bridgehead atoms. The quantitative estimate of drug-likeness (QED) is 0.664. The Kier molecular flexibility index (Phi) is 5.47. The number of benzene rings is 2. The minimum absolute atomic E-state index is 0.00579. The van der Waals surface area contributed by atoms with Gasteiger partial charge in [-0.1, -0.05) is 36.4 Å². The Morgan fingerprint density at radius 1 is 1.15 bits per heavy atom. The van der Waals surface area contributed by atoms with E-state index in [1.54, 1.807) is 24.3 Å². The lowest BCUT2D eigenvalue weighted by molar-refractivity contribution is 0.142. The second-order valence-corrected chi connectivity index (χ2v) is 6.10. The molecule has 0 spiro atoms. The molecule has 1 aliphatic carbocycles. The van der Waals surface area contributed by atoms with E-state index in [0.29, 0.717) is 23.4 Å². The molecule has 0 atom stereocenters. The first-order valence-electron chi connectivity index (χ1n) is 8.38. The third-order valence-corrected chi connectivity index (χ3v) is 4.01. The van der Waals surface area contributed by atoms with Crippen molar-refractivity contribution in [3.63, 3.8) is 0 Å². The van der Waals surface area contributed by atoms with Gasteiger partial charge in [0.15, 0.2) is 0 Å². The standard InChI is InChI=1S/C21H20N2O4/c22-18-11-15(10-16-7-8-17(24)12-20(16)25)6-9-19(18)23-21(26)27-13-14-4-2-1-3-5-14/h1-10,12,24-25H,11,13,22H2,(H,23,26). The van der Waals surface area contributed by atoms with Crippen LogP contribution in [0.2, 0.25) is 0 Å². The Bertz CT molecular complexity index is 930. The number of phenols is 2. The van der Waals surface area contributed by atoms with Crippen molar-refractivity contribution in [2.45, 2.75) is 13.0 Å². The van der Waals surface area contributed by atoms with Crippen LogP contribution < -0.4 is 11.1 Å². The van der Waals surface area contributed by atoms with Crippen molar-refractivity contribution < 1.29 is 19.7 Å². The lowest BCUT2D eigenvalue weighted by Crippen LogP contribution is -2.26. The summed E-state index contributed by atoms with van der Waals surface area (Å²) in [7, 11) is 0. The molecular formula is C21H20N2O4. The van der Waals surface area contributed by atoms with Gasteiger partial charge in [0.25, 0.3) is 0 Å². The maximum atomic E-state index is 12.0. The molecule has 138 valence electrons. The van der Waals surface area contributed by atoms with Crippen molar-refractivity contribution in [1.29, 1.82) is 0 Å². The van der Waals surface area contributed by atoms with Crippen LogP contribution in [-0.2, 0) is 11.3 Å². The van der Waals surface area contributed by atoms with Gasteiger partial charge in [-0.2, -0.15) is 0 Å². The average molecular weight is 364 g/mol. The number of ether oxygens (including phenoxy) is 1. The third kappa shape index (κ3) is 4.92. The Morgan fingerprint density at radius 3 is 2.63 bits per heavy atom. The molecule has 5 N–H and O–H groups in total. The molecule has 0 aromatic heterocycles. The maximum Gasteiger partial charge on any atom is 0.412 e. The number of nitrogens with two attached hydrogens (primary N) is 1. The van der Waals surface area contributed by atoms with Crippen LogP contribution in [0.4, 0.5) is 4.79 Å². The maximum absolute atomic E-state index is 12.0. The number of hydrogen-bond donors (Lipinski definition) is 4. The Hall–Kier alpha value is -3.67. The van der Waals surface area contributed by atoms with E-state index in [0.717, 1.165) is 11.1 Å². The van der Waals surface area contributed by atoms with Crippen LogP contribution in [0.5, 0.6) is 11.5 Å². The highest BCUT2D eigenvalue weighted by Gasteiger charge is 2.13. The SMILES string of the molecule is NC1=C(NC(=O)OCc2ccccc2)C=CC(=Cc2ccc(O)cc2O)C1. The van der Waals surface area contributed by atoms with Gasteiger partial charge < -0.3 is 20.7 Å². The van der Waals surface area contributed by atoms with E-state index < -0.39 is 6.09 Å². The molecule has 0 radical (unpaired) electrons. The number of aromatic hydroxyl groups is 2. The zero-order valence-corrected chi connectivity index (χ0v) is 14.6. The lowest BCUT2D eigenvalue weighted by Gasteiger charge is -2.16. The molecule has 2 aromatic carbocycles. The van der Waals surface area contributed by atoms with E-state index in [-0.39, 0.29) is 18.1 Å². The number of phenolic OH excluding ortho intramolecular Hbond substituents is 2. The number of allylic oxidation sites excluding steroid dienone is 3. The fourth-order valence-corrected chi connectivity index (χ4v) is 2.62. The molecule has 6 heteroatoms. The van der Waals surface area contributed by atoms with Gasteiger partial charge in [0.1, 0.15) is 18.1 Å². The molecule has 2 aromatic rings. The van der Waals surface area contributed by atoms with E-state index >= 15 is 0 Å². The number of nitrogens with one attached hydrogen (secondary N) is 1. The van der Waals surface area contributed by atoms with Crippen LogP contribution in [0.3, 0.4) is 0 Å². The monoisotopic (exact) mass is 364 g/mol. The lowest BCUT2D eigenvalue weighted by atomic mass is 10.00. The molecule has 6 nitrogen and oxygen atoms in total. The molecule has 0 saturated heterocycles. The van der Waals surface area contributed by atoms with Crippen LogP contribution in [0.25, 0.3) is 6.08 Å². The summed E-state index contributed by atoms with van der Waals surface area (Å²) in [6.07, 6.45) is 5.08. The molecule has 0 fully saturated rings. The van der Waals surface area contributed by atoms with Crippen molar-refractivity contribution in [2.24, 2.45) is 5.73 Å². The van der Waals surface area contributed by atoms with Crippen molar-refractivity contribution in [3.05, 3.63) is 88.8 Å². The molecule has 1 amide bonds. The summed E-state index contributed by atoms with van der Waals surface area (Å²) in [5.74, 6) is -0.0272. The number of amides is 1. The molecule has 0 saturated carbocycles. The van der Waals surface area contributed by atoms with Gasteiger partial charge >= 0.3 is 6.09 Å². The molecular weight excluding hydrogens is 344 g/mol. The first-order valence-corrected chi connectivity index (χ1v) is 8.38. The fraction of sp³-hybridized carbons (Fsp3) is 0.0952. The van der Waals surface area contributed by atoms with Crippen LogP contribution in [0.1, 0.15) is 17.5 Å². The van der Waals surface area contributed by atoms with Crippen LogP contribution in [0.15, 0.2) is 77.7 Å². The highest BCUT2D eigenvalue weighted by molar-refractivity contribution is 5.71. The first-order chi connectivity index (χ1) is 13.0. The fourth-order valence-electron chi connectivity index (χ4n) is 2.62. The zero-order chi connectivity index (χ0) is 19.2. The summed E-state index contributed by atoms with van der Waals surface area (Å²) in [6, 6.07) is 13.8. The first kappa shape index (κ1) is 18.1. The second kappa shape index (κ2) is 8.14. The number of hydrogen-bond acceptors (Lipinski definition) is 5. The number of carbonyl (C=O) groups excluding carboxylic acids is 1. The zero-order valence-electron chi connectivity index (χ0n) is 14.6. The molecule has 0 unspecified atom stereocenters. The molecule has 1 aliphatic rings. The summed E-state index contributed by atoms with van der Waals surface area (Å²) in [4.78, 5) is 12.0. The van der Waals surface area contributed by atoms with Gasteiger partial charge in [0.2, 0.25) is 0 Å². The van der Waals surface area contributed by atoms with Crippen molar-refractivity contribution in [2.75, 3.05) is 0 Å².